The highest BCUT2D eigenvalue weighted by molar-refractivity contribution is 6.76. The second-order valence-electron chi connectivity index (χ2n) is 17.3. The maximum absolute atomic E-state index is 11.6. The fraction of sp³-hybridized carbons (Fsp3) is 0.658. The van der Waals surface area contributed by atoms with E-state index in [-0.39, 0.29) is 48.3 Å². The number of halogens is 1. The molecular formula is C38H57ClN4O7Si2. The number of methoxy groups -OCH3 is 1. The second-order valence-corrected chi connectivity index (χ2v) is 28.1. The number of carbonyl (C=O) groups excluding carboxylic acids is 1. The minimum atomic E-state index is -2.02. The Morgan fingerprint density at radius 3 is 2.27 bits per heavy atom. The second kappa shape index (κ2) is 15.7. The van der Waals surface area contributed by atoms with Gasteiger partial charge in [0.2, 0.25) is 0 Å². The van der Waals surface area contributed by atoms with Gasteiger partial charge in [0.1, 0.15) is 24.5 Å². The quantitative estimate of drug-likeness (QED) is 0.143. The van der Waals surface area contributed by atoms with Crippen molar-refractivity contribution < 1.29 is 32.9 Å². The van der Waals surface area contributed by atoms with Crippen LogP contribution in [0.1, 0.15) is 57.9 Å². The fourth-order valence-corrected chi connectivity index (χ4v) is 9.30. The Bertz CT molecular complexity index is 1700. The molecule has 2 aromatic heterocycles. The highest BCUT2D eigenvalue weighted by Crippen LogP contribution is 2.41. The average molecular weight is 774 g/mol. The van der Waals surface area contributed by atoms with Gasteiger partial charge in [0, 0.05) is 26.3 Å². The fourth-order valence-electron chi connectivity index (χ4n) is 6.98. The van der Waals surface area contributed by atoms with Crippen molar-refractivity contribution in [2.75, 3.05) is 26.9 Å². The first-order valence-corrected chi connectivity index (χ1v) is 25.7. The van der Waals surface area contributed by atoms with E-state index >= 15 is 0 Å². The number of fused-ring (bicyclic) bond motifs is 2. The zero-order valence-electron chi connectivity index (χ0n) is 32.3. The minimum Gasteiger partial charge on any atom is -0.456 e. The maximum atomic E-state index is 11.6. The number of imidazole rings is 1. The van der Waals surface area contributed by atoms with Crippen molar-refractivity contribution in [2.24, 2.45) is 0 Å². The number of pyridine rings is 1. The van der Waals surface area contributed by atoms with Crippen molar-refractivity contribution in [3.63, 3.8) is 0 Å². The largest absolute Gasteiger partial charge is 0.456 e. The third kappa shape index (κ3) is 8.88. The molecule has 0 radical (unpaired) electrons. The smallest absolute Gasteiger partial charge is 0.407 e. The van der Waals surface area contributed by atoms with Crippen LogP contribution in [0.15, 0.2) is 30.3 Å². The lowest BCUT2D eigenvalue weighted by Gasteiger charge is -2.39. The van der Waals surface area contributed by atoms with Crippen molar-refractivity contribution in [2.45, 2.75) is 133 Å². The lowest BCUT2D eigenvalue weighted by atomic mass is 9.81. The van der Waals surface area contributed by atoms with Gasteiger partial charge in [-0.15, -0.1) is 0 Å². The number of alkyl carbamates (subject to hydrolysis) is 1. The predicted octanol–water partition coefficient (Wildman–Crippen LogP) is 8.38. The Kier molecular flexibility index (Phi) is 11.8. The van der Waals surface area contributed by atoms with Gasteiger partial charge in [-0.2, -0.15) is 4.98 Å². The Morgan fingerprint density at radius 2 is 1.63 bits per heavy atom. The first-order chi connectivity index (χ1) is 24.5. The van der Waals surface area contributed by atoms with E-state index < -0.39 is 16.4 Å². The van der Waals surface area contributed by atoms with Crippen LogP contribution in [0.25, 0.3) is 22.4 Å². The molecule has 1 N–H and O–H groups in total. The summed E-state index contributed by atoms with van der Waals surface area (Å²) in [5.41, 5.74) is 4.15. The molecule has 11 nitrogen and oxygen atoms in total. The van der Waals surface area contributed by atoms with Gasteiger partial charge in [0.25, 0.3) is 0 Å². The van der Waals surface area contributed by atoms with Gasteiger partial charge in [-0.25, -0.2) is 9.78 Å². The molecule has 1 aliphatic carbocycles. The van der Waals surface area contributed by atoms with Crippen LogP contribution in [0.2, 0.25) is 48.8 Å². The van der Waals surface area contributed by atoms with Gasteiger partial charge >= 0.3 is 12.1 Å². The van der Waals surface area contributed by atoms with Crippen LogP contribution in [0, 0.1) is 0 Å². The van der Waals surface area contributed by atoms with Crippen LogP contribution in [-0.2, 0) is 30.1 Å². The van der Waals surface area contributed by atoms with Crippen LogP contribution in [0.5, 0.6) is 6.01 Å². The van der Waals surface area contributed by atoms with E-state index in [2.05, 4.69) is 83.1 Å². The molecule has 1 saturated carbocycles. The molecule has 4 atom stereocenters. The number of carbonyl (C=O) groups is 1. The Hall–Kier alpha value is -2.53. The molecule has 4 heterocycles. The first-order valence-electron chi connectivity index (χ1n) is 18.7. The lowest BCUT2D eigenvalue weighted by Crippen LogP contribution is -2.47. The molecule has 2 aliphatic heterocycles. The summed E-state index contributed by atoms with van der Waals surface area (Å²) in [6.45, 7) is 20.0. The van der Waals surface area contributed by atoms with E-state index in [0.29, 0.717) is 53.6 Å². The van der Waals surface area contributed by atoms with E-state index in [1.54, 1.807) is 0 Å². The van der Waals surface area contributed by atoms with Crippen molar-refractivity contribution in [1.29, 1.82) is 0 Å². The molecule has 6 rings (SSSR count). The van der Waals surface area contributed by atoms with E-state index in [9.17, 15) is 4.79 Å². The van der Waals surface area contributed by atoms with Crippen molar-refractivity contribution in [1.82, 2.24) is 19.9 Å². The zero-order chi connectivity index (χ0) is 37.4. The molecule has 1 amide bonds. The number of nitrogens with zero attached hydrogens (tertiary/aromatic N) is 3. The Labute approximate surface area is 315 Å². The van der Waals surface area contributed by atoms with Gasteiger partial charge in [-0.3, -0.25) is 4.57 Å². The normalized spacial score (nSPS) is 25.3. The monoisotopic (exact) mass is 772 g/mol. The van der Waals surface area contributed by atoms with Crippen LogP contribution in [-0.4, -0.2) is 94.4 Å². The van der Waals surface area contributed by atoms with E-state index in [1.165, 1.54) is 12.7 Å². The Balaban J connectivity index is 1.21. The third-order valence-corrected chi connectivity index (χ3v) is 17.7. The summed E-state index contributed by atoms with van der Waals surface area (Å²) in [6, 6.07) is 12.0. The summed E-state index contributed by atoms with van der Waals surface area (Å²) in [5, 5.41) is 3.54. The molecule has 286 valence electrons. The molecule has 4 unspecified atom stereocenters. The summed E-state index contributed by atoms with van der Waals surface area (Å²) >= 11 is 6.90. The average Bonchev–Trinajstić information content (AvgIpc) is 3.76. The molecule has 3 fully saturated rings. The number of rotatable bonds is 12. The summed E-state index contributed by atoms with van der Waals surface area (Å²) in [4.78, 5) is 21.6. The van der Waals surface area contributed by atoms with Crippen molar-refractivity contribution in [3.8, 4) is 17.3 Å². The number of benzene rings is 1. The number of hydrogen-bond donors (Lipinski definition) is 1. The first kappa shape index (κ1) is 39.2. The highest BCUT2D eigenvalue weighted by Gasteiger charge is 2.52. The molecule has 52 heavy (non-hydrogen) atoms. The van der Waals surface area contributed by atoms with E-state index in [4.69, 9.17) is 49.7 Å². The summed E-state index contributed by atoms with van der Waals surface area (Å²) in [7, 11) is -1.91. The van der Waals surface area contributed by atoms with Gasteiger partial charge in [0.05, 0.1) is 37.1 Å². The number of aromatic nitrogens is 3. The molecule has 0 bridgehead atoms. The highest BCUT2D eigenvalue weighted by atomic mass is 35.5. The number of hydrogen-bond acceptors (Lipinski definition) is 9. The lowest BCUT2D eigenvalue weighted by molar-refractivity contribution is 0.00687. The summed E-state index contributed by atoms with van der Waals surface area (Å²) < 4.78 is 38.8. The topological polar surface area (TPSA) is 115 Å². The molecule has 1 aromatic carbocycles. The third-order valence-electron chi connectivity index (χ3n) is 11.2. The molecule has 3 aliphatic rings. The van der Waals surface area contributed by atoms with E-state index in [0.717, 1.165) is 37.3 Å². The molecule has 14 heteroatoms. The summed E-state index contributed by atoms with van der Waals surface area (Å²) in [6.07, 6.45) is 2.54. The molecule has 3 aromatic rings. The minimum absolute atomic E-state index is 0.0836. The molecular weight excluding hydrogens is 716 g/mol. The van der Waals surface area contributed by atoms with Gasteiger partial charge in [-0.05, 0) is 67.4 Å². The van der Waals surface area contributed by atoms with Gasteiger partial charge in [0.15, 0.2) is 20.1 Å². The van der Waals surface area contributed by atoms with Crippen LogP contribution >= 0.6 is 11.6 Å². The number of nitrogens with one attached hydrogen (secondary N) is 1. The zero-order valence-corrected chi connectivity index (χ0v) is 35.0. The Morgan fingerprint density at radius 1 is 0.981 bits per heavy atom. The van der Waals surface area contributed by atoms with Crippen molar-refractivity contribution >= 4 is 45.2 Å². The van der Waals surface area contributed by atoms with Crippen LogP contribution in [0.4, 0.5) is 4.79 Å². The summed E-state index contributed by atoms with van der Waals surface area (Å²) in [5.74, 6) is 0.432. The molecule has 2 saturated heterocycles. The standard InChI is InChI=1S/C38H57ClN4O7Si2/c1-38(2,3)52(8,9)50-31-22-48-33-30(21-47-34(31)33)49-36-41-29-20-28(39)32(42-35(29)43(36)23-46-18-19-51(5,6)7)26-12-10-24(11-13-26)25-14-16-27(17-15-25)40-37(44)45-4/h10-13,20,25,27,30-31,33-34H,14-19,21-23H2,1-9H3,(H,40,44). The van der Waals surface area contributed by atoms with Crippen LogP contribution < -0.4 is 10.1 Å². The number of ether oxygens (including phenoxy) is 5. The number of amides is 1. The van der Waals surface area contributed by atoms with E-state index in [1.807, 2.05) is 10.6 Å². The SMILES string of the molecule is COC(=O)NC1CCC(c2ccc(-c3nc4c(cc3Cl)nc(OC3COC5C(O[Si](C)(C)C(C)(C)C)COC35)n4COCC[Si](C)(C)C)cc2)CC1. The van der Waals surface area contributed by atoms with Crippen molar-refractivity contribution in [3.05, 3.63) is 40.9 Å². The maximum Gasteiger partial charge on any atom is 0.407 e. The van der Waals surface area contributed by atoms with Crippen LogP contribution in [0.3, 0.4) is 0 Å². The molecule has 0 spiro atoms. The van der Waals surface area contributed by atoms with Gasteiger partial charge < -0.3 is 33.4 Å². The predicted molar refractivity (Wildman–Crippen MR) is 209 cm³/mol. The van der Waals surface area contributed by atoms with Gasteiger partial charge in [-0.1, -0.05) is 76.3 Å².